The molecule has 9 heteroatoms. The van der Waals surface area contributed by atoms with Crippen molar-refractivity contribution in [1.29, 1.82) is 0 Å². The lowest BCUT2D eigenvalue weighted by Crippen LogP contribution is -2.37. The van der Waals surface area contributed by atoms with E-state index in [4.69, 9.17) is 22.1 Å². The van der Waals surface area contributed by atoms with Gasteiger partial charge in [-0.1, -0.05) is 11.6 Å². The van der Waals surface area contributed by atoms with Crippen LogP contribution < -0.4 is 15.8 Å². The van der Waals surface area contributed by atoms with Crippen molar-refractivity contribution >= 4 is 35.2 Å². The third-order valence-electron chi connectivity index (χ3n) is 4.04. The lowest BCUT2D eigenvalue weighted by atomic mass is 9.90. The smallest absolute Gasteiger partial charge is 0.321 e. The van der Waals surface area contributed by atoms with Gasteiger partial charge in [0, 0.05) is 18.1 Å². The minimum atomic E-state index is -0.978. The van der Waals surface area contributed by atoms with Crippen LogP contribution in [0, 0.1) is 5.41 Å². The average molecular weight is 356 g/mol. The summed E-state index contributed by atoms with van der Waals surface area (Å²) in [5, 5.41) is 12.0. The molecule has 1 fully saturated rings. The number of nitrogens with zero attached hydrogens (tertiary/aromatic N) is 1. The Labute approximate surface area is 143 Å². The van der Waals surface area contributed by atoms with Crippen molar-refractivity contribution in [1.82, 2.24) is 4.90 Å². The number of nitrogens with one attached hydrogen (secondary N) is 1. The zero-order valence-electron chi connectivity index (χ0n) is 13.3. The van der Waals surface area contributed by atoms with Crippen molar-refractivity contribution in [2.24, 2.45) is 11.1 Å². The Kier molecular flexibility index (Phi) is 4.88. The second-order valence-corrected chi connectivity index (χ2v) is 6.30. The summed E-state index contributed by atoms with van der Waals surface area (Å²) in [5.41, 5.74) is 4.53. The summed E-state index contributed by atoms with van der Waals surface area (Å²) in [6.45, 7) is 1.98. The quantitative estimate of drug-likeness (QED) is 0.759. The average Bonchev–Trinajstić information content (AvgIpc) is 2.90. The Morgan fingerprint density at radius 3 is 2.58 bits per heavy atom. The molecule has 24 heavy (non-hydrogen) atoms. The van der Waals surface area contributed by atoms with Crippen LogP contribution in [-0.2, 0) is 4.79 Å². The summed E-state index contributed by atoms with van der Waals surface area (Å²) in [6.07, 6.45) is 0.356. The molecule has 1 aliphatic heterocycles. The Hall–Kier alpha value is -2.48. The number of urea groups is 1. The predicted octanol–water partition coefficient (Wildman–Crippen LogP) is 1.78. The summed E-state index contributed by atoms with van der Waals surface area (Å²) in [4.78, 5) is 36.5. The zero-order valence-corrected chi connectivity index (χ0v) is 14.0. The number of amides is 3. The SMILES string of the molecule is COc1c(NC(=O)N2CCC(C)(C(=O)O)C2)cc(Cl)cc1C(N)=O. The zero-order chi connectivity index (χ0) is 18.1. The molecule has 1 saturated heterocycles. The molecule has 2 rings (SSSR count). The highest BCUT2D eigenvalue weighted by Gasteiger charge is 2.42. The van der Waals surface area contributed by atoms with Gasteiger partial charge < -0.3 is 25.8 Å². The van der Waals surface area contributed by atoms with Crippen molar-refractivity contribution < 1.29 is 24.2 Å². The minimum Gasteiger partial charge on any atom is -0.494 e. The van der Waals surface area contributed by atoms with E-state index in [1.165, 1.54) is 24.1 Å². The second kappa shape index (κ2) is 6.56. The molecule has 0 radical (unpaired) electrons. The number of aliphatic carboxylic acids is 1. The highest BCUT2D eigenvalue weighted by molar-refractivity contribution is 6.31. The van der Waals surface area contributed by atoms with E-state index >= 15 is 0 Å². The Morgan fingerprint density at radius 1 is 1.42 bits per heavy atom. The number of anilines is 1. The molecule has 0 aliphatic carbocycles. The summed E-state index contributed by atoms with van der Waals surface area (Å²) in [7, 11) is 1.34. The number of carboxylic acids is 1. The van der Waals surface area contributed by atoms with Crippen molar-refractivity contribution in [3.63, 3.8) is 0 Å². The largest absolute Gasteiger partial charge is 0.494 e. The van der Waals surface area contributed by atoms with Crippen LogP contribution in [0.4, 0.5) is 10.5 Å². The van der Waals surface area contributed by atoms with Crippen molar-refractivity contribution in [3.05, 3.63) is 22.7 Å². The first-order chi connectivity index (χ1) is 11.2. The molecule has 1 aromatic carbocycles. The number of benzene rings is 1. The minimum absolute atomic E-state index is 0.0390. The van der Waals surface area contributed by atoms with E-state index in [1.807, 2.05) is 0 Å². The number of carbonyl (C=O) groups excluding carboxylic acids is 2. The van der Waals surface area contributed by atoms with Gasteiger partial charge in [-0.15, -0.1) is 0 Å². The number of ether oxygens (including phenoxy) is 1. The highest BCUT2D eigenvalue weighted by atomic mass is 35.5. The highest BCUT2D eigenvalue weighted by Crippen LogP contribution is 2.34. The maximum atomic E-state index is 12.4. The first-order valence-electron chi connectivity index (χ1n) is 7.14. The number of halogens is 1. The van der Waals surface area contributed by atoms with Crippen LogP contribution in [0.2, 0.25) is 5.02 Å². The van der Waals surface area contributed by atoms with E-state index in [2.05, 4.69) is 5.32 Å². The third-order valence-corrected chi connectivity index (χ3v) is 4.26. The van der Waals surface area contributed by atoms with E-state index in [-0.39, 0.29) is 28.6 Å². The molecule has 3 amide bonds. The summed E-state index contributed by atoms with van der Waals surface area (Å²) in [6, 6.07) is 2.27. The Balaban J connectivity index is 2.24. The molecule has 1 atom stereocenters. The van der Waals surface area contributed by atoms with Gasteiger partial charge >= 0.3 is 12.0 Å². The fourth-order valence-corrected chi connectivity index (χ4v) is 2.81. The summed E-state index contributed by atoms with van der Waals surface area (Å²) in [5.74, 6) is -1.60. The lowest BCUT2D eigenvalue weighted by Gasteiger charge is -2.21. The van der Waals surface area contributed by atoms with Gasteiger partial charge in [-0.05, 0) is 25.5 Å². The second-order valence-electron chi connectivity index (χ2n) is 5.87. The molecular weight excluding hydrogens is 338 g/mol. The Bertz CT molecular complexity index is 709. The lowest BCUT2D eigenvalue weighted by molar-refractivity contribution is -0.146. The first kappa shape index (κ1) is 17.9. The molecule has 0 saturated carbocycles. The molecular formula is C15H18ClN3O5. The number of nitrogens with two attached hydrogens (primary N) is 1. The van der Waals surface area contributed by atoms with E-state index in [1.54, 1.807) is 6.92 Å². The third kappa shape index (κ3) is 3.38. The van der Waals surface area contributed by atoms with Gasteiger partial charge in [0.1, 0.15) is 0 Å². The van der Waals surface area contributed by atoms with Gasteiger partial charge in [0.15, 0.2) is 5.75 Å². The van der Waals surface area contributed by atoms with Crippen LogP contribution in [0.3, 0.4) is 0 Å². The van der Waals surface area contributed by atoms with Gasteiger partial charge in [0.05, 0.1) is 23.8 Å². The van der Waals surface area contributed by atoms with Crippen LogP contribution in [-0.4, -0.2) is 48.1 Å². The molecule has 4 N–H and O–H groups in total. The number of hydrogen-bond donors (Lipinski definition) is 3. The number of hydrogen-bond acceptors (Lipinski definition) is 4. The normalized spacial score (nSPS) is 19.9. The van der Waals surface area contributed by atoms with Crippen LogP contribution in [0.1, 0.15) is 23.7 Å². The standard InChI is InChI=1S/C15H18ClN3O5/c1-15(13(21)22)3-4-19(7-15)14(23)18-10-6-8(16)5-9(12(17)20)11(10)24-2/h5-6H,3-4,7H2,1-2H3,(H2,17,20)(H,18,23)(H,21,22). The molecule has 1 unspecified atom stereocenters. The van der Waals surface area contributed by atoms with E-state index in [0.717, 1.165) is 0 Å². The van der Waals surface area contributed by atoms with Gasteiger partial charge in [-0.25, -0.2) is 4.79 Å². The van der Waals surface area contributed by atoms with Crippen LogP contribution >= 0.6 is 11.6 Å². The molecule has 1 aliphatic rings. The number of likely N-dealkylation sites (tertiary alicyclic amines) is 1. The first-order valence-corrected chi connectivity index (χ1v) is 7.52. The summed E-state index contributed by atoms with van der Waals surface area (Å²) < 4.78 is 5.15. The van der Waals surface area contributed by atoms with E-state index < -0.39 is 23.3 Å². The van der Waals surface area contributed by atoms with E-state index in [0.29, 0.717) is 13.0 Å². The topological polar surface area (TPSA) is 122 Å². The van der Waals surface area contributed by atoms with E-state index in [9.17, 15) is 19.5 Å². The molecule has 1 aromatic rings. The van der Waals surface area contributed by atoms with Crippen LogP contribution in [0.15, 0.2) is 12.1 Å². The predicted molar refractivity (Wildman–Crippen MR) is 87.5 cm³/mol. The molecule has 8 nitrogen and oxygen atoms in total. The molecule has 1 heterocycles. The summed E-state index contributed by atoms with van der Waals surface area (Å²) >= 11 is 5.95. The maximum absolute atomic E-state index is 12.4. The fourth-order valence-electron chi connectivity index (χ4n) is 2.59. The van der Waals surface area contributed by atoms with Crippen molar-refractivity contribution in [2.45, 2.75) is 13.3 Å². The molecule has 0 aromatic heterocycles. The van der Waals surface area contributed by atoms with Crippen LogP contribution in [0.5, 0.6) is 5.75 Å². The van der Waals surface area contributed by atoms with Gasteiger partial charge in [0.25, 0.3) is 5.91 Å². The maximum Gasteiger partial charge on any atom is 0.321 e. The van der Waals surface area contributed by atoms with Gasteiger partial charge in [-0.2, -0.15) is 0 Å². The van der Waals surface area contributed by atoms with Crippen molar-refractivity contribution in [3.8, 4) is 5.75 Å². The van der Waals surface area contributed by atoms with Gasteiger partial charge in [0.2, 0.25) is 0 Å². The number of carboxylic acid groups (broad SMARTS) is 1. The molecule has 130 valence electrons. The van der Waals surface area contributed by atoms with Crippen LogP contribution in [0.25, 0.3) is 0 Å². The van der Waals surface area contributed by atoms with Crippen molar-refractivity contribution in [2.75, 3.05) is 25.5 Å². The number of methoxy groups -OCH3 is 1. The fraction of sp³-hybridized carbons (Fsp3) is 0.400. The number of rotatable bonds is 4. The Morgan fingerprint density at radius 2 is 2.08 bits per heavy atom. The van der Waals surface area contributed by atoms with Gasteiger partial charge in [-0.3, -0.25) is 9.59 Å². The molecule has 0 spiro atoms. The number of primary amides is 1. The number of carbonyl (C=O) groups is 3. The molecule has 0 bridgehead atoms. The monoisotopic (exact) mass is 355 g/mol.